The predicted octanol–water partition coefficient (Wildman–Crippen LogP) is 2.81. The fourth-order valence-electron chi connectivity index (χ4n) is 3.16. The number of aryl methyl sites for hydroxylation is 1. The van der Waals surface area contributed by atoms with Gasteiger partial charge in [-0.2, -0.15) is 0 Å². The number of carbonyl (C=O) groups excluding carboxylic acids is 1. The molecule has 1 aromatic heterocycles. The van der Waals surface area contributed by atoms with E-state index in [4.69, 9.17) is 9.66 Å². The Labute approximate surface area is 179 Å². The Balaban J connectivity index is 1.87. The lowest BCUT2D eigenvalue weighted by molar-refractivity contribution is 0.103. The fourth-order valence-corrected chi connectivity index (χ4v) is 3.48. The first kappa shape index (κ1) is 22.9. The second-order valence-electron chi connectivity index (χ2n) is 6.78. The number of nitrogens with one attached hydrogen (secondary N) is 2. The van der Waals surface area contributed by atoms with Crippen LogP contribution in [-0.2, 0) is 17.7 Å². The van der Waals surface area contributed by atoms with Crippen LogP contribution >= 0.6 is 0 Å². The number of rotatable bonds is 10. The molecule has 2 aromatic carbocycles. The minimum absolute atomic E-state index is 0.0202. The number of anilines is 1. The molecule has 1 unspecified atom stereocenters. The molecule has 0 bridgehead atoms. The van der Waals surface area contributed by atoms with Gasteiger partial charge in [0.2, 0.25) is 11.3 Å². The third kappa shape index (κ3) is 5.88. The zero-order valence-electron chi connectivity index (χ0n) is 16.4. The van der Waals surface area contributed by atoms with Gasteiger partial charge in [0.05, 0.1) is 29.6 Å². The van der Waals surface area contributed by atoms with Gasteiger partial charge in [-0.1, -0.05) is 0 Å². The summed E-state index contributed by atoms with van der Waals surface area (Å²) in [6.07, 6.45) is 1.97. The molecule has 10 heteroatoms. The molecule has 164 valence electrons. The van der Waals surface area contributed by atoms with Crippen molar-refractivity contribution in [3.05, 3.63) is 70.9 Å². The molecule has 3 aromatic rings. The Morgan fingerprint density at radius 1 is 1.13 bits per heavy atom. The lowest BCUT2D eigenvalue weighted by Gasteiger charge is -2.10. The van der Waals surface area contributed by atoms with E-state index in [0.29, 0.717) is 23.1 Å². The molecule has 0 aliphatic carbocycles. The van der Waals surface area contributed by atoms with Gasteiger partial charge in [-0.25, -0.2) is 17.7 Å². The van der Waals surface area contributed by atoms with Gasteiger partial charge in [-0.05, 0) is 54.8 Å². The summed E-state index contributed by atoms with van der Waals surface area (Å²) in [4.78, 5) is 17.2. The Morgan fingerprint density at radius 3 is 2.68 bits per heavy atom. The number of benzene rings is 2. The molecule has 0 aliphatic rings. The van der Waals surface area contributed by atoms with Crippen LogP contribution in [-0.4, -0.2) is 44.3 Å². The lowest BCUT2D eigenvalue weighted by atomic mass is 9.97. The molecule has 1 atom stereocenters. The van der Waals surface area contributed by atoms with Gasteiger partial charge in [0, 0.05) is 24.0 Å². The number of halogens is 2. The Kier molecular flexibility index (Phi) is 7.75. The average molecular weight is 449 g/mol. The third-order valence-electron chi connectivity index (χ3n) is 4.59. The number of hydrogen-bond acceptors (Lipinski definition) is 5. The minimum atomic E-state index is -2.18. The summed E-state index contributed by atoms with van der Waals surface area (Å²) in [5, 5.41) is 12.5. The number of aliphatic hydroxyl groups is 1. The van der Waals surface area contributed by atoms with Crippen LogP contribution in [0.25, 0.3) is 10.9 Å². The molecule has 7 nitrogen and oxygen atoms in total. The second kappa shape index (κ2) is 10.5. The van der Waals surface area contributed by atoms with Gasteiger partial charge in [-0.15, -0.1) is 0 Å². The first-order valence-electron chi connectivity index (χ1n) is 9.50. The van der Waals surface area contributed by atoms with E-state index in [9.17, 15) is 17.8 Å². The first-order valence-corrected chi connectivity index (χ1v) is 10.6. The number of hydrogen-bond donors (Lipinski definition) is 4. The van der Waals surface area contributed by atoms with Crippen molar-refractivity contribution in [2.24, 2.45) is 0 Å². The topological polar surface area (TPSA) is 112 Å². The summed E-state index contributed by atoms with van der Waals surface area (Å²) in [6.45, 7) is 0.422. The third-order valence-corrected chi connectivity index (χ3v) is 5.04. The fraction of sp³-hybridized carbons (Fsp3) is 0.238. The molecule has 4 N–H and O–H groups in total. The van der Waals surface area contributed by atoms with Crippen molar-refractivity contribution >= 4 is 33.6 Å². The van der Waals surface area contributed by atoms with Crippen LogP contribution in [0.2, 0.25) is 0 Å². The molecular formula is C21H21F2N3O4S. The number of aliphatic hydroxyl groups excluding tert-OH is 1. The van der Waals surface area contributed by atoms with E-state index in [1.165, 1.54) is 6.07 Å². The van der Waals surface area contributed by atoms with Crippen molar-refractivity contribution < 1.29 is 27.4 Å². The van der Waals surface area contributed by atoms with Crippen molar-refractivity contribution in [3.8, 4) is 0 Å². The predicted molar refractivity (Wildman–Crippen MR) is 114 cm³/mol. The molecule has 0 aliphatic heterocycles. The van der Waals surface area contributed by atoms with Gasteiger partial charge in [0.25, 0.3) is 0 Å². The molecule has 0 saturated heterocycles. The minimum Gasteiger partial charge on any atom is -0.395 e. The van der Waals surface area contributed by atoms with Gasteiger partial charge >= 0.3 is 0 Å². The van der Waals surface area contributed by atoms with Crippen molar-refractivity contribution in [1.29, 1.82) is 0 Å². The van der Waals surface area contributed by atoms with Crippen LogP contribution in [0.5, 0.6) is 0 Å². The SMILES string of the molecule is O=C(c1ccc2ncc(NCCO)cc2c1)c1cc(F)cc(CCCNS(=O)O)c1F. The molecular weight excluding hydrogens is 428 g/mol. The maximum atomic E-state index is 14.9. The molecule has 1 heterocycles. The van der Waals surface area contributed by atoms with Crippen molar-refractivity contribution in [2.75, 3.05) is 25.0 Å². The summed E-state index contributed by atoms with van der Waals surface area (Å²) in [5.41, 5.74) is 1.10. The van der Waals surface area contributed by atoms with Crippen LogP contribution in [0.3, 0.4) is 0 Å². The number of carbonyl (C=O) groups is 1. The van der Waals surface area contributed by atoms with E-state index in [2.05, 4.69) is 15.0 Å². The summed E-state index contributed by atoms with van der Waals surface area (Å²) in [6, 6.07) is 8.31. The van der Waals surface area contributed by atoms with Gasteiger partial charge in [0.15, 0.2) is 5.78 Å². The van der Waals surface area contributed by atoms with Gasteiger partial charge in [0.1, 0.15) is 11.6 Å². The molecule has 0 radical (unpaired) electrons. The zero-order chi connectivity index (χ0) is 22.4. The Bertz CT molecular complexity index is 1130. The monoisotopic (exact) mass is 449 g/mol. The van der Waals surface area contributed by atoms with Gasteiger partial charge in [-0.3, -0.25) is 14.3 Å². The average Bonchev–Trinajstić information content (AvgIpc) is 2.76. The number of pyridine rings is 1. The highest BCUT2D eigenvalue weighted by molar-refractivity contribution is 7.77. The van der Waals surface area contributed by atoms with E-state index in [-0.39, 0.29) is 42.7 Å². The standard InChI is InChI=1S/C21H21F2N3O4S/c22-16-9-13(2-1-5-26-31(29)30)20(23)18(11-16)21(28)14-3-4-19-15(8-14)10-17(12-25-19)24-6-7-27/h3-4,8-12,24,26-27H,1-2,5-7H2,(H,29,30). The normalized spacial score (nSPS) is 12.1. The van der Waals surface area contributed by atoms with Crippen molar-refractivity contribution in [3.63, 3.8) is 0 Å². The van der Waals surface area contributed by atoms with E-state index in [1.54, 1.807) is 24.4 Å². The largest absolute Gasteiger partial charge is 0.395 e. The first-order chi connectivity index (χ1) is 14.9. The molecule has 0 spiro atoms. The molecule has 0 fully saturated rings. The highest BCUT2D eigenvalue weighted by Gasteiger charge is 2.19. The van der Waals surface area contributed by atoms with Crippen LogP contribution < -0.4 is 10.0 Å². The number of aromatic nitrogens is 1. The molecule has 31 heavy (non-hydrogen) atoms. The number of ketones is 1. The summed E-state index contributed by atoms with van der Waals surface area (Å²) in [5.74, 6) is -2.21. The molecule has 0 amide bonds. The van der Waals surface area contributed by atoms with Crippen molar-refractivity contribution in [1.82, 2.24) is 9.71 Å². The maximum Gasteiger partial charge on any atom is 0.231 e. The van der Waals surface area contributed by atoms with E-state index >= 15 is 0 Å². The van der Waals surface area contributed by atoms with Gasteiger partial charge < -0.3 is 10.4 Å². The van der Waals surface area contributed by atoms with E-state index < -0.39 is 28.7 Å². The van der Waals surface area contributed by atoms with Crippen molar-refractivity contribution in [2.45, 2.75) is 12.8 Å². The van der Waals surface area contributed by atoms with E-state index in [0.717, 1.165) is 12.1 Å². The highest BCUT2D eigenvalue weighted by atomic mass is 32.2. The molecule has 3 rings (SSSR count). The van der Waals surface area contributed by atoms with Crippen LogP contribution in [0, 0.1) is 11.6 Å². The summed E-state index contributed by atoms with van der Waals surface area (Å²) in [7, 11) is 0. The summed E-state index contributed by atoms with van der Waals surface area (Å²) >= 11 is -2.18. The number of fused-ring (bicyclic) bond motifs is 1. The Morgan fingerprint density at radius 2 is 1.94 bits per heavy atom. The van der Waals surface area contributed by atoms with Crippen LogP contribution in [0.1, 0.15) is 27.9 Å². The highest BCUT2D eigenvalue weighted by Crippen LogP contribution is 2.23. The lowest BCUT2D eigenvalue weighted by Crippen LogP contribution is -2.18. The smallest absolute Gasteiger partial charge is 0.231 e. The quantitative estimate of drug-likeness (QED) is 0.215. The molecule has 0 saturated carbocycles. The summed E-state index contributed by atoms with van der Waals surface area (Å²) < 4.78 is 50.6. The zero-order valence-corrected chi connectivity index (χ0v) is 17.2. The van der Waals surface area contributed by atoms with Crippen LogP contribution in [0.15, 0.2) is 42.6 Å². The number of nitrogens with zero attached hydrogens (tertiary/aromatic N) is 1. The van der Waals surface area contributed by atoms with Crippen LogP contribution in [0.4, 0.5) is 14.5 Å². The second-order valence-corrected chi connectivity index (χ2v) is 7.57. The Hall–Kier alpha value is -2.79. The maximum absolute atomic E-state index is 14.9. The van der Waals surface area contributed by atoms with E-state index in [1.807, 2.05) is 0 Å².